The minimum atomic E-state index is 1.27. The summed E-state index contributed by atoms with van der Waals surface area (Å²) in [5.74, 6) is 0. The number of halogens is 1. The molecule has 0 atom stereocenters. The molecule has 0 unspecified atom stereocenters. The van der Waals surface area contributed by atoms with Crippen LogP contribution in [-0.4, -0.2) is 0 Å². The Balaban J connectivity index is 1.90. The van der Waals surface area contributed by atoms with Gasteiger partial charge in [0.2, 0.25) is 0 Å². The predicted octanol–water partition coefficient (Wildman–Crippen LogP) is 6.11. The van der Waals surface area contributed by atoms with E-state index < -0.39 is 0 Å². The van der Waals surface area contributed by atoms with Crippen molar-refractivity contribution in [2.45, 2.75) is 9.79 Å². The Labute approximate surface area is 137 Å². The van der Waals surface area contributed by atoms with Gasteiger partial charge in [-0.2, -0.15) is 0 Å². The van der Waals surface area contributed by atoms with E-state index in [2.05, 4.69) is 95.4 Å². The first-order chi connectivity index (χ1) is 9.81. The Hall–Kier alpha value is -1.26. The molecule has 0 aliphatic rings. The third kappa shape index (κ3) is 3.44. The number of hydrogen-bond donors (Lipinski definition) is 0. The van der Waals surface area contributed by atoms with E-state index in [1.165, 1.54) is 24.5 Å². The van der Waals surface area contributed by atoms with E-state index in [0.29, 0.717) is 0 Å². The van der Waals surface area contributed by atoms with Gasteiger partial charge >= 0.3 is 0 Å². The molecule has 0 aromatic heterocycles. The quantitative estimate of drug-likeness (QED) is 0.488. The lowest BCUT2D eigenvalue weighted by Crippen LogP contribution is -1.80. The fraction of sp³-hybridized carbons (Fsp3) is 0. The fourth-order valence-electron chi connectivity index (χ4n) is 2.03. The highest BCUT2D eigenvalue weighted by Gasteiger charge is 2.01. The Morgan fingerprint density at radius 1 is 0.600 bits per heavy atom. The molecule has 0 saturated heterocycles. The second kappa shape index (κ2) is 6.46. The minimum Gasteiger partial charge on any atom is -0.0901 e. The summed E-state index contributed by atoms with van der Waals surface area (Å²) in [6.07, 6.45) is 0. The van der Waals surface area contributed by atoms with Gasteiger partial charge in [-0.15, -0.1) is 0 Å². The van der Waals surface area contributed by atoms with Crippen LogP contribution in [0.2, 0.25) is 0 Å². The van der Waals surface area contributed by atoms with Gasteiger partial charge in [-0.05, 0) is 70.1 Å². The highest BCUT2D eigenvalue weighted by molar-refractivity contribution is 14.1. The molecular formula is C18H13IS. The van der Waals surface area contributed by atoms with E-state index in [1.54, 1.807) is 11.8 Å². The first-order valence-corrected chi connectivity index (χ1v) is 8.30. The average Bonchev–Trinajstić information content (AvgIpc) is 2.49. The maximum Gasteiger partial charge on any atom is 0.0136 e. The summed E-state index contributed by atoms with van der Waals surface area (Å²) in [6.45, 7) is 0. The molecule has 3 aromatic rings. The zero-order valence-corrected chi connectivity index (χ0v) is 13.8. The zero-order valence-electron chi connectivity index (χ0n) is 10.8. The summed E-state index contributed by atoms with van der Waals surface area (Å²) in [6, 6.07) is 27.8. The summed E-state index contributed by atoms with van der Waals surface area (Å²) in [4.78, 5) is 2.54. The van der Waals surface area contributed by atoms with Crippen molar-refractivity contribution in [3.63, 3.8) is 0 Å². The van der Waals surface area contributed by atoms with Crippen molar-refractivity contribution in [3.8, 4) is 11.1 Å². The molecular weight excluding hydrogens is 375 g/mol. The summed E-state index contributed by atoms with van der Waals surface area (Å²) in [5, 5.41) is 0. The molecule has 0 heterocycles. The van der Waals surface area contributed by atoms with Gasteiger partial charge in [0.15, 0.2) is 0 Å². The molecule has 0 N–H and O–H groups in total. The van der Waals surface area contributed by atoms with Gasteiger partial charge in [0.25, 0.3) is 0 Å². The third-order valence-corrected chi connectivity index (χ3v) is 4.64. The molecule has 98 valence electrons. The molecule has 0 saturated carbocycles. The SMILES string of the molecule is Ic1cccc(-c2cccc(Sc3ccccc3)c2)c1. The summed E-state index contributed by atoms with van der Waals surface area (Å²) >= 11 is 4.15. The van der Waals surface area contributed by atoms with Crippen molar-refractivity contribution in [2.24, 2.45) is 0 Å². The van der Waals surface area contributed by atoms with Crippen molar-refractivity contribution >= 4 is 34.4 Å². The van der Waals surface area contributed by atoms with Gasteiger partial charge in [-0.25, -0.2) is 0 Å². The van der Waals surface area contributed by atoms with E-state index in [-0.39, 0.29) is 0 Å². The highest BCUT2D eigenvalue weighted by Crippen LogP contribution is 2.31. The fourth-order valence-corrected chi connectivity index (χ4v) is 3.47. The van der Waals surface area contributed by atoms with E-state index in [9.17, 15) is 0 Å². The smallest absolute Gasteiger partial charge is 0.0136 e. The van der Waals surface area contributed by atoms with Gasteiger partial charge in [-0.3, -0.25) is 0 Å². The number of benzene rings is 3. The van der Waals surface area contributed by atoms with E-state index in [0.717, 1.165) is 0 Å². The molecule has 2 heteroatoms. The molecule has 20 heavy (non-hydrogen) atoms. The summed E-state index contributed by atoms with van der Waals surface area (Å²) in [7, 11) is 0. The Morgan fingerprint density at radius 3 is 2.00 bits per heavy atom. The van der Waals surface area contributed by atoms with Crippen molar-refractivity contribution < 1.29 is 0 Å². The van der Waals surface area contributed by atoms with Crippen LogP contribution in [0.3, 0.4) is 0 Å². The van der Waals surface area contributed by atoms with Crippen LogP contribution in [0.15, 0.2) is 88.7 Å². The van der Waals surface area contributed by atoms with Crippen LogP contribution in [0, 0.1) is 3.57 Å². The molecule has 0 nitrogen and oxygen atoms in total. The molecule has 0 spiro atoms. The van der Waals surface area contributed by atoms with Gasteiger partial charge in [0, 0.05) is 13.4 Å². The largest absolute Gasteiger partial charge is 0.0901 e. The van der Waals surface area contributed by atoms with Crippen LogP contribution in [0.25, 0.3) is 11.1 Å². The topological polar surface area (TPSA) is 0 Å². The van der Waals surface area contributed by atoms with Crippen LogP contribution in [0.1, 0.15) is 0 Å². The summed E-state index contributed by atoms with van der Waals surface area (Å²) < 4.78 is 1.27. The van der Waals surface area contributed by atoms with Crippen LogP contribution in [0.5, 0.6) is 0 Å². The van der Waals surface area contributed by atoms with E-state index in [4.69, 9.17) is 0 Å². The lowest BCUT2D eigenvalue weighted by molar-refractivity contribution is 1.40. The molecule has 3 rings (SSSR count). The standard InChI is InChI=1S/C18H13IS/c19-16-8-4-6-14(12-16)15-7-5-11-18(13-15)20-17-9-2-1-3-10-17/h1-13H. The van der Waals surface area contributed by atoms with Crippen LogP contribution in [0.4, 0.5) is 0 Å². The maximum atomic E-state index is 2.35. The Bertz CT molecular complexity index is 707. The molecule has 0 amide bonds. The minimum absolute atomic E-state index is 1.27. The van der Waals surface area contributed by atoms with Crippen molar-refractivity contribution in [2.75, 3.05) is 0 Å². The molecule has 0 aliphatic carbocycles. The van der Waals surface area contributed by atoms with Gasteiger partial charge in [-0.1, -0.05) is 54.2 Å². The van der Waals surface area contributed by atoms with Crippen molar-refractivity contribution in [1.29, 1.82) is 0 Å². The first kappa shape index (κ1) is 13.7. The molecule has 0 radical (unpaired) electrons. The van der Waals surface area contributed by atoms with Crippen molar-refractivity contribution in [3.05, 3.63) is 82.4 Å². The van der Waals surface area contributed by atoms with E-state index in [1.807, 2.05) is 6.07 Å². The Morgan fingerprint density at radius 2 is 1.25 bits per heavy atom. The highest BCUT2D eigenvalue weighted by atomic mass is 127. The molecule has 0 aliphatic heterocycles. The number of rotatable bonds is 3. The molecule has 3 aromatic carbocycles. The summed E-state index contributed by atoms with van der Waals surface area (Å²) in [5.41, 5.74) is 2.54. The van der Waals surface area contributed by atoms with Gasteiger partial charge in [0.05, 0.1) is 0 Å². The zero-order chi connectivity index (χ0) is 13.8. The normalized spacial score (nSPS) is 10.4. The maximum absolute atomic E-state index is 2.35. The van der Waals surface area contributed by atoms with Crippen LogP contribution in [-0.2, 0) is 0 Å². The monoisotopic (exact) mass is 388 g/mol. The lowest BCUT2D eigenvalue weighted by atomic mass is 10.1. The average molecular weight is 388 g/mol. The third-order valence-electron chi connectivity index (χ3n) is 2.97. The first-order valence-electron chi connectivity index (χ1n) is 6.40. The van der Waals surface area contributed by atoms with Gasteiger partial charge < -0.3 is 0 Å². The second-order valence-electron chi connectivity index (χ2n) is 4.45. The second-order valence-corrected chi connectivity index (χ2v) is 6.85. The van der Waals surface area contributed by atoms with E-state index >= 15 is 0 Å². The Kier molecular flexibility index (Phi) is 4.43. The van der Waals surface area contributed by atoms with Crippen molar-refractivity contribution in [1.82, 2.24) is 0 Å². The molecule has 0 bridgehead atoms. The number of hydrogen-bond acceptors (Lipinski definition) is 1. The molecule has 0 fully saturated rings. The van der Waals surface area contributed by atoms with Crippen LogP contribution < -0.4 is 0 Å². The predicted molar refractivity (Wildman–Crippen MR) is 95.2 cm³/mol. The van der Waals surface area contributed by atoms with Gasteiger partial charge in [0.1, 0.15) is 0 Å². The van der Waals surface area contributed by atoms with Crippen LogP contribution >= 0.6 is 34.4 Å². The lowest BCUT2D eigenvalue weighted by Gasteiger charge is -2.06.